The topological polar surface area (TPSA) is 24.9 Å². The molecule has 0 bridgehead atoms. The Morgan fingerprint density at radius 3 is 3.00 bits per heavy atom. The molecule has 14 heavy (non-hydrogen) atoms. The highest BCUT2D eigenvalue weighted by molar-refractivity contribution is 6.17. The van der Waals surface area contributed by atoms with Gasteiger partial charge in [0.25, 0.3) is 0 Å². The first-order valence-electron chi connectivity index (χ1n) is 5.02. The molecule has 78 valence electrons. The van der Waals surface area contributed by atoms with E-state index in [1.54, 1.807) is 0 Å². The lowest BCUT2D eigenvalue weighted by atomic mass is 10.2. The van der Waals surface area contributed by atoms with E-state index >= 15 is 0 Å². The fourth-order valence-corrected chi connectivity index (χ4v) is 1.44. The van der Waals surface area contributed by atoms with Crippen LogP contribution in [-0.2, 0) is 6.54 Å². The second-order valence-electron chi connectivity index (χ2n) is 3.34. The highest BCUT2D eigenvalue weighted by Crippen LogP contribution is 2.02. The quantitative estimate of drug-likeness (QED) is 0.579. The summed E-state index contributed by atoms with van der Waals surface area (Å²) in [7, 11) is 0. The van der Waals surface area contributed by atoms with Crippen LogP contribution in [0.2, 0.25) is 0 Å². The van der Waals surface area contributed by atoms with Gasteiger partial charge in [-0.25, -0.2) is 0 Å². The van der Waals surface area contributed by atoms with Gasteiger partial charge in [-0.1, -0.05) is 6.07 Å². The first kappa shape index (κ1) is 11.5. The van der Waals surface area contributed by atoms with Crippen LogP contribution in [0.3, 0.4) is 0 Å². The van der Waals surface area contributed by atoms with Crippen molar-refractivity contribution in [2.24, 2.45) is 0 Å². The lowest BCUT2D eigenvalue weighted by Crippen LogP contribution is -2.16. The summed E-state index contributed by atoms with van der Waals surface area (Å²) in [5.74, 6) is 0.754. The number of unbranched alkanes of at least 4 members (excludes halogenated alkanes) is 1. The van der Waals surface area contributed by atoms with Crippen LogP contribution in [0.1, 0.15) is 24.1 Å². The maximum Gasteiger partial charge on any atom is 0.0570 e. The smallest absolute Gasteiger partial charge is 0.0570 e. The van der Waals surface area contributed by atoms with E-state index in [4.69, 9.17) is 11.6 Å². The van der Waals surface area contributed by atoms with E-state index in [2.05, 4.69) is 23.3 Å². The molecule has 3 heteroatoms. The van der Waals surface area contributed by atoms with Crippen LogP contribution < -0.4 is 5.32 Å². The zero-order chi connectivity index (χ0) is 10.2. The average Bonchev–Trinajstić information content (AvgIpc) is 2.20. The van der Waals surface area contributed by atoms with Gasteiger partial charge in [-0.2, -0.15) is 0 Å². The summed E-state index contributed by atoms with van der Waals surface area (Å²) >= 11 is 5.58. The number of aryl methyl sites for hydroxylation is 1. The predicted octanol–water partition coefficient (Wildman–Crippen LogP) is 2.50. The van der Waals surface area contributed by atoms with Crippen LogP contribution in [0.4, 0.5) is 0 Å². The lowest BCUT2D eigenvalue weighted by molar-refractivity contribution is 0.633. The highest BCUT2D eigenvalue weighted by atomic mass is 35.5. The van der Waals surface area contributed by atoms with Crippen LogP contribution in [0.5, 0.6) is 0 Å². The molecule has 0 saturated carbocycles. The van der Waals surface area contributed by atoms with Gasteiger partial charge in [-0.3, -0.25) is 4.98 Å². The van der Waals surface area contributed by atoms with Crippen LogP contribution in [0.25, 0.3) is 0 Å². The Kier molecular flexibility index (Phi) is 5.57. The molecule has 0 amide bonds. The molecule has 0 atom stereocenters. The summed E-state index contributed by atoms with van der Waals surface area (Å²) in [6.45, 7) is 3.96. The molecule has 1 rings (SSSR count). The average molecular weight is 213 g/mol. The Labute approximate surface area is 90.7 Å². The Bertz CT molecular complexity index is 263. The minimum Gasteiger partial charge on any atom is -0.311 e. The molecule has 1 aromatic heterocycles. The first-order valence-corrected chi connectivity index (χ1v) is 5.55. The second-order valence-corrected chi connectivity index (χ2v) is 3.72. The van der Waals surface area contributed by atoms with Gasteiger partial charge in [0.15, 0.2) is 0 Å². The summed E-state index contributed by atoms with van der Waals surface area (Å²) in [6, 6.07) is 4.05. The van der Waals surface area contributed by atoms with Crippen molar-refractivity contribution in [1.29, 1.82) is 0 Å². The maximum atomic E-state index is 5.58. The molecule has 1 N–H and O–H groups in total. The molecule has 0 spiro atoms. The molecule has 0 aliphatic rings. The number of hydrogen-bond acceptors (Lipinski definition) is 2. The standard InChI is InChI=1S/C11H17ClN2/c1-10-5-4-8-14-11(10)9-13-7-3-2-6-12/h4-5,8,13H,2-3,6-7,9H2,1H3. The van der Waals surface area contributed by atoms with Crippen molar-refractivity contribution in [3.05, 3.63) is 29.6 Å². The summed E-state index contributed by atoms with van der Waals surface area (Å²) in [4.78, 5) is 4.31. The van der Waals surface area contributed by atoms with E-state index in [-0.39, 0.29) is 0 Å². The Morgan fingerprint density at radius 2 is 2.29 bits per heavy atom. The van der Waals surface area contributed by atoms with E-state index in [0.717, 1.165) is 37.5 Å². The number of nitrogens with zero attached hydrogens (tertiary/aromatic N) is 1. The minimum absolute atomic E-state index is 0.754. The van der Waals surface area contributed by atoms with Crippen LogP contribution >= 0.6 is 11.6 Å². The third-order valence-corrected chi connectivity index (χ3v) is 2.41. The Balaban J connectivity index is 2.21. The summed E-state index contributed by atoms with van der Waals surface area (Å²) in [5.41, 5.74) is 2.38. The molecule has 0 aliphatic heterocycles. The lowest BCUT2D eigenvalue weighted by Gasteiger charge is -2.05. The van der Waals surface area contributed by atoms with Gasteiger partial charge in [0.05, 0.1) is 5.69 Å². The monoisotopic (exact) mass is 212 g/mol. The van der Waals surface area contributed by atoms with Crippen molar-refractivity contribution >= 4 is 11.6 Å². The number of rotatable bonds is 6. The van der Waals surface area contributed by atoms with Gasteiger partial charge in [-0.05, 0) is 37.9 Å². The van der Waals surface area contributed by atoms with Crippen molar-refractivity contribution in [2.75, 3.05) is 12.4 Å². The second kappa shape index (κ2) is 6.80. The molecule has 0 unspecified atom stereocenters. The number of alkyl halides is 1. The molecule has 0 radical (unpaired) electrons. The van der Waals surface area contributed by atoms with Crippen molar-refractivity contribution in [3.63, 3.8) is 0 Å². The summed E-state index contributed by atoms with van der Waals surface area (Å²) in [6.07, 6.45) is 4.05. The van der Waals surface area contributed by atoms with E-state index < -0.39 is 0 Å². The van der Waals surface area contributed by atoms with E-state index in [0.29, 0.717) is 0 Å². The van der Waals surface area contributed by atoms with Crippen LogP contribution in [-0.4, -0.2) is 17.4 Å². The van der Waals surface area contributed by atoms with E-state index in [1.807, 2.05) is 12.3 Å². The fraction of sp³-hybridized carbons (Fsp3) is 0.545. The first-order chi connectivity index (χ1) is 6.84. The Morgan fingerprint density at radius 1 is 1.43 bits per heavy atom. The Hall–Kier alpha value is -0.600. The number of pyridine rings is 1. The molecular weight excluding hydrogens is 196 g/mol. The predicted molar refractivity (Wildman–Crippen MR) is 60.6 cm³/mol. The van der Waals surface area contributed by atoms with Gasteiger partial charge < -0.3 is 5.32 Å². The van der Waals surface area contributed by atoms with Crippen molar-refractivity contribution < 1.29 is 0 Å². The largest absolute Gasteiger partial charge is 0.311 e. The van der Waals surface area contributed by atoms with Crippen molar-refractivity contribution in [2.45, 2.75) is 26.3 Å². The fourth-order valence-electron chi connectivity index (χ4n) is 1.25. The van der Waals surface area contributed by atoms with Gasteiger partial charge in [-0.15, -0.1) is 11.6 Å². The zero-order valence-corrected chi connectivity index (χ0v) is 9.35. The molecular formula is C11H17ClN2. The molecule has 0 aliphatic carbocycles. The number of halogens is 1. The number of nitrogens with one attached hydrogen (secondary N) is 1. The van der Waals surface area contributed by atoms with Crippen LogP contribution in [0, 0.1) is 6.92 Å². The van der Waals surface area contributed by atoms with Crippen LogP contribution in [0.15, 0.2) is 18.3 Å². The molecule has 0 saturated heterocycles. The highest BCUT2D eigenvalue weighted by Gasteiger charge is 1.96. The number of hydrogen-bond donors (Lipinski definition) is 1. The van der Waals surface area contributed by atoms with E-state index in [9.17, 15) is 0 Å². The molecule has 1 heterocycles. The minimum atomic E-state index is 0.754. The van der Waals surface area contributed by atoms with Crippen molar-refractivity contribution in [3.8, 4) is 0 Å². The molecule has 1 aromatic rings. The van der Waals surface area contributed by atoms with Gasteiger partial charge in [0, 0.05) is 18.6 Å². The zero-order valence-electron chi connectivity index (χ0n) is 8.59. The molecule has 2 nitrogen and oxygen atoms in total. The van der Waals surface area contributed by atoms with Gasteiger partial charge in [0.1, 0.15) is 0 Å². The number of aromatic nitrogens is 1. The summed E-state index contributed by atoms with van der Waals surface area (Å²) in [5, 5.41) is 3.36. The summed E-state index contributed by atoms with van der Waals surface area (Å²) < 4.78 is 0. The normalized spacial score (nSPS) is 10.4. The SMILES string of the molecule is Cc1cccnc1CNCCCCCl. The molecule has 0 fully saturated rings. The third kappa shape index (κ3) is 4.07. The van der Waals surface area contributed by atoms with Gasteiger partial charge in [0.2, 0.25) is 0 Å². The van der Waals surface area contributed by atoms with E-state index in [1.165, 1.54) is 5.56 Å². The van der Waals surface area contributed by atoms with Crippen molar-refractivity contribution in [1.82, 2.24) is 10.3 Å². The maximum absolute atomic E-state index is 5.58. The molecule has 0 aromatic carbocycles. The third-order valence-electron chi connectivity index (χ3n) is 2.15. The van der Waals surface area contributed by atoms with Gasteiger partial charge >= 0.3 is 0 Å².